The number of hydrogen-bond acceptors (Lipinski definition) is 4. The van der Waals surface area contributed by atoms with Crippen molar-refractivity contribution in [3.63, 3.8) is 0 Å². The highest BCUT2D eigenvalue weighted by Crippen LogP contribution is 2.40. The van der Waals surface area contributed by atoms with Gasteiger partial charge in [0.1, 0.15) is 10.6 Å². The summed E-state index contributed by atoms with van der Waals surface area (Å²) < 4.78 is 5.09. The number of hydrogen-bond donors (Lipinski definition) is 1. The molecule has 1 aromatic heterocycles. The maximum atomic E-state index is 12.6. The molecule has 1 aliphatic rings. The molecule has 2 heterocycles. The lowest BCUT2D eigenvalue weighted by molar-refractivity contribution is 0.0603. The van der Waals surface area contributed by atoms with Gasteiger partial charge in [-0.1, -0.05) is 30.3 Å². The summed E-state index contributed by atoms with van der Waals surface area (Å²) in [6.45, 7) is 6.44. The van der Waals surface area contributed by atoms with E-state index in [1.165, 1.54) is 13.5 Å². The van der Waals surface area contributed by atoms with Gasteiger partial charge in [-0.05, 0) is 57.8 Å². The molecular weight excluding hydrogens is 376 g/mol. The van der Waals surface area contributed by atoms with Gasteiger partial charge in [0.15, 0.2) is 5.11 Å². The maximum Gasteiger partial charge on any atom is 0.341 e. The van der Waals surface area contributed by atoms with Crippen molar-refractivity contribution in [2.24, 2.45) is 0 Å². The van der Waals surface area contributed by atoms with Crippen molar-refractivity contribution in [1.82, 2.24) is 4.90 Å². The van der Waals surface area contributed by atoms with Gasteiger partial charge in [0.25, 0.3) is 0 Å². The molecule has 0 aliphatic carbocycles. The molecule has 27 heavy (non-hydrogen) atoms. The van der Waals surface area contributed by atoms with Crippen molar-refractivity contribution in [1.29, 1.82) is 0 Å². The minimum atomic E-state index is -0.344. The highest BCUT2D eigenvalue weighted by atomic mass is 32.1. The van der Waals surface area contributed by atoms with Crippen molar-refractivity contribution < 1.29 is 9.53 Å². The monoisotopic (exact) mass is 402 g/mol. The molecule has 1 N–H and O–H groups in total. The number of anilines is 1. The second kappa shape index (κ2) is 8.40. The Kier molecular flexibility index (Phi) is 6.17. The van der Waals surface area contributed by atoms with Crippen LogP contribution in [0.25, 0.3) is 11.1 Å². The topological polar surface area (TPSA) is 41.6 Å². The molecule has 1 fully saturated rings. The van der Waals surface area contributed by atoms with E-state index in [0.29, 0.717) is 22.8 Å². The van der Waals surface area contributed by atoms with Gasteiger partial charge in [-0.25, -0.2) is 4.79 Å². The zero-order chi connectivity index (χ0) is 19.6. The predicted molar refractivity (Wildman–Crippen MR) is 117 cm³/mol. The molecule has 0 amide bonds. The standard InChI is InChI=1S/C21H26N2O2S2/c1-13-9-8-10-14(2)23(13)21(26)22-19-18(20(24)25-4)17(15(3)27-19)16-11-6-5-7-12-16/h5-7,11-14H,8-10H2,1-4H3,(H,22,26)/t13-,14-/m0/s1. The minimum Gasteiger partial charge on any atom is -0.465 e. The van der Waals surface area contributed by atoms with E-state index in [9.17, 15) is 4.79 Å². The molecule has 1 aliphatic heterocycles. The van der Waals surface area contributed by atoms with Crippen LogP contribution in [0.4, 0.5) is 5.00 Å². The number of piperidine rings is 1. The number of carbonyl (C=O) groups is 1. The Morgan fingerprint density at radius 1 is 1.22 bits per heavy atom. The lowest BCUT2D eigenvalue weighted by Crippen LogP contribution is -2.49. The number of carbonyl (C=O) groups excluding carboxylic acids is 1. The molecule has 4 nitrogen and oxygen atoms in total. The Bertz CT molecular complexity index is 822. The van der Waals surface area contributed by atoms with Crippen LogP contribution in [0.1, 0.15) is 48.3 Å². The molecule has 6 heteroatoms. The van der Waals surface area contributed by atoms with Crippen molar-refractivity contribution in [2.45, 2.75) is 52.1 Å². The van der Waals surface area contributed by atoms with Crippen LogP contribution in [0, 0.1) is 6.92 Å². The average Bonchev–Trinajstić information content (AvgIpc) is 2.97. The van der Waals surface area contributed by atoms with E-state index in [1.807, 2.05) is 37.3 Å². The number of benzene rings is 1. The molecular formula is C21H26N2O2S2. The number of methoxy groups -OCH3 is 1. The molecule has 3 rings (SSSR count). The summed E-state index contributed by atoms with van der Waals surface area (Å²) in [5.74, 6) is -0.344. The average molecular weight is 403 g/mol. The second-order valence-corrected chi connectivity index (χ2v) is 8.67. The molecule has 2 aromatic rings. The largest absolute Gasteiger partial charge is 0.465 e. The van der Waals surface area contributed by atoms with Gasteiger partial charge in [-0.2, -0.15) is 0 Å². The zero-order valence-corrected chi connectivity index (χ0v) is 17.9. The van der Waals surface area contributed by atoms with Gasteiger partial charge in [-0.3, -0.25) is 0 Å². The number of ether oxygens (including phenoxy) is 1. The SMILES string of the molecule is COC(=O)c1c(NC(=S)N2[C@@H](C)CCC[C@@H]2C)sc(C)c1-c1ccccc1. The second-order valence-electron chi connectivity index (χ2n) is 7.06. The van der Waals surface area contributed by atoms with Crippen molar-refractivity contribution in [3.05, 3.63) is 40.8 Å². The fourth-order valence-electron chi connectivity index (χ4n) is 3.87. The first-order valence-corrected chi connectivity index (χ1v) is 10.5. The smallest absolute Gasteiger partial charge is 0.341 e. The van der Waals surface area contributed by atoms with E-state index in [4.69, 9.17) is 17.0 Å². The summed E-state index contributed by atoms with van der Waals surface area (Å²) in [4.78, 5) is 15.9. The molecule has 0 spiro atoms. The van der Waals surface area contributed by atoms with Crippen LogP contribution in [-0.4, -0.2) is 35.2 Å². The number of esters is 1. The van der Waals surface area contributed by atoms with Gasteiger partial charge in [0, 0.05) is 22.5 Å². The minimum absolute atomic E-state index is 0.344. The summed E-state index contributed by atoms with van der Waals surface area (Å²) in [6, 6.07) is 10.7. The van der Waals surface area contributed by atoms with Crippen LogP contribution in [0.15, 0.2) is 30.3 Å². The number of thiophene rings is 1. The number of likely N-dealkylation sites (tertiary alicyclic amines) is 1. The highest BCUT2D eigenvalue weighted by molar-refractivity contribution is 7.80. The van der Waals surface area contributed by atoms with Crippen LogP contribution in [0.3, 0.4) is 0 Å². The van der Waals surface area contributed by atoms with Gasteiger partial charge < -0.3 is 15.0 Å². The lowest BCUT2D eigenvalue weighted by Gasteiger charge is -2.40. The first-order valence-electron chi connectivity index (χ1n) is 9.30. The van der Waals surface area contributed by atoms with Crippen molar-refractivity contribution >= 4 is 39.6 Å². The molecule has 0 bridgehead atoms. The number of aryl methyl sites for hydroxylation is 1. The summed E-state index contributed by atoms with van der Waals surface area (Å²) in [7, 11) is 1.42. The molecule has 0 saturated carbocycles. The summed E-state index contributed by atoms with van der Waals surface area (Å²) in [5.41, 5.74) is 2.48. The molecule has 2 atom stereocenters. The Labute approximate surface area is 170 Å². The molecule has 1 saturated heterocycles. The van der Waals surface area contributed by atoms with Crippen LogP contribution in [-0.2, 0) is 4.74 Å². The molecule has 0 unspecified atom stereocenters. The zero-order valence-electron chi connectivity index (χ0n) is 16.2. The first kappa shape index (κ1) is 19.8. The van der Waals surface area contributed by atoms with Crippen molar-refractivity contribution in [3.8, 4) is 11.1 Å². The third-order valence-electron chi connectivity index (χ3n) is 5.18. The van der Waals surface area contributed by atoms with E-state index >= 15 is 0 Å². The van der Waals surface area contributed by atoms with Gasteiger partial charge >= 0.3 is 5.97 Å². The van der Waals surface area contributed by atoms with E-state index in [-0.39, 0.29) is 5.97 Å². The number of nitrogens with one attached hydrogen (secondary N) is 1. The maximum absolute atomic E-state index is 12.6. The Balaban J connectivity index is 1.98. The van der Waals surface area contributed by atoms with E-state index < -0.39 is 0 Å². The highest BCUT2D eigenvalue weighted by Gasteiger charge is 2.29. The van der Waals surface area contributed by atoms with Gasteiger partial charge in [0.05, 0.1) is 7.11 Å². The third-order valence-corrected chi connectivity index (χ3v) is 6.52. The molecule has 0 radical (unpaired) electrons. The Morgan fingerprint density at radius 3 is 2.44 bits per heavy atom. The predicted octanol–water partition coefficient (Wildman–Crippen LogP) is 5.47. The normalized spacial score (nSPS) is 19.6. The van der Waals surface area contributed by atoms with Crippen LogP contribution >= 0.6 is 23.6 Å². The number of thiocarbonyl (C=S) groups is 1. The lowest BCUT2D eigenvalue weighted by atomic mass is 9.98. The third kappa shape index (κ3) is 4.01. The van der Waals surface area contributed by atoms with Gasteiger partial charge in [-0.15, -0.1) is 11.3 Å². The van der Waals surface area contributed by atoms with E-state index in [0.717, 1.165) is 33.8 Å². The fraction of sp³-hybridized carbons (Fsp3) is 0.429. The van der Waals surface area contributed by atoms with Crippen LogP contribution in [0.5, 0.6) is 0 Å². The van der Waals surface area contributed by atoms with Crippen LogP contribution in [0.2, 0.25) is 0 Å². The number of rotatable bonds is 3. The van der Waals surface area contributed by atoms with Crippen LogP contribution < -0.4 is 5.32 Å². The van der Waals surface area contributed by atoms with Crippen molar-refractivity contribution in [2.75, 3.05) is 12.4 Å². The quantitative estimate of drug-likeness (QED) is 0.545. The van der Waals surface area contributed by atoms with E-state index in [2.05, 4.69) is 24.1 Å². The molecule has 144 valence electrons. The summed E-state index contributed by atoms with van der Waals surface area (Å²) >= 11 is 7.28. The van der Waals surface area contributed by atoms with E-state index in [1.54, 1.807) is 11.3 Å². The molecule has 1 aromatic carbocycles. The van der Waals surface area contributed by atoms with Gasteiger partial charge in [0.2, 0.25) is 0 Å². The Morgan fingerprint density at radius 2 is 1.85 bits per heavy atom. The first-order chi connectivity index (χ1) is 12.9. The Hall–Kier alpha value is -1.92. The fourth-order valence-corrected chi connectivity index (χ4v) is 5.46. The number of nitrogens with zero attached hydrogens (tertiary/aromatic N) is 1. The summed E-state index contributed by atoms with van der Waals surface area (Å²) in [5, 5.41) is 4.80. The summed E-state index contributed by atoms with van der Waals surface area (Å²) in [6.07, 6.45) is 3.49.